The summed E-state index contributed by atoms with van der Waals surface area (Å²) < 4.78 is 26.4. The fraction of sp³-hybridized carbons (Fsp3) is 0.550. The number of amides is 2. The maximum absolute atomic E-state index is 13.2. The molecule has 7 nitrogen and oxygen atoms in total. The van der Waals surface area contributed by atoms with E-state index in [9.17, 15) is 18.3 Å². The SMILES string of the molecule is CC1=CCC[C@H]1NC(=O)Nc1ccc(Cl)c(S(=O)(=O)[C@@H]2CC[C@H](N(C)C)C2)c1O. The van der Waals surface area contributed by atoms with Crippen LogP contribution < -0.4 is 10.6 Å². The maximum atomic E-state index is 13.2. The van der Waals surface area contributed by atoms with Crippen LogP contribution in [0.5, 0.6) is 5.75 Å². The molecule has 1 fully saturated rings. The fourth-order valence-electron chi connectivity index (χ4n) is 4.10. The minimum absolute atomic E-state index is 0.0206. The third kappa shape index (κ3) is 4.54. The Hall–Kier alpha value is -1.77. The van der Waals surface area contributed by atoms with Gasteiger partial charge in [0.1, 0.15) is 4.90 Å². The predicted octanol–water partition coefficient (Wildman–Crippen LogP) is 3.53. The van der Waals surface area contributed by atoms with E-state index in [2.05, 4.69) is 16.7 Å². The molecular formula is C20H28ClN3O4S. The molecule has 0 aliphatic heterocycles. The summed E-state index contributed by atoms with van der Waals surface area (Å²) in [6, 6.07) is 2.41. The molecule has 1 aromatic rings. The number of phenolic OH excluding ortho intramolecular Hbond substituents is 1. The number of sulfone groups is 1. The fourth-order valence-corrected chi connectivity index (χ4v) is 6.55. The van der Waals surface area contributed by atoms with Crippen molar-refractivity contribution in [3.63, 3.8) is 0 Å². The molecule has 0 radical (unpaired) electrons. The Labute approximate surface area is 177 Å². The zero-order valence-electron chi connectivity index (χ0n) is 16.9. The molecule has 160 valence electrons. The van der Waals surface area contributed by atoms with Gasteiger partial charge in [-0.05, 0) is 65.3 Å². The van der Waals surface area contributed by atoms with E-state index in [0.29, 0.717) is 12.8 Å². The van der Waals surface area contributed by atoms with Crippen molar-refractivity contribution < 1.29 is 18.3 Å². The molecule has 0 saturated heterocycles. The second-order valence-electron chi connectivity index (χ2n) is 8.05. The maximum Gasteiger partial charge on any atom is 0.319 e. The molecule has 29 heavy (non-hydrogen) atoms. The van der Waals surface area contributed by atoms with Crippen LogP contribution in [0.15, 0.2) is 28.7 Å². The monoisotopic (exact) mass is 441 g/mol. The number of urea groups is 1. The third-order valence-corrected chi connectivity index (χ3v) is 8.63. The Bertz CT molecular complexity index is 930. The molecule has 9 heteroatoms. The third-order valence-electron chi connectivity index (χ3n) is 5.92. The molecule has 3 N–H and O–H groups in total. The summed E-state index contributed by atoms with van der Waals surface area (Å²) in [5.41, 5.74) is 1.10. The minimum atomic E-state index is -3.85. The van der Waals surface area contributed by atoms with Gasteiger partial charge in [-0.1, -0.05) is 23.3 Å². The second-order valence-corrected chi connectivity index (χ2v) is 10.6. The van der Waals surface area contributed by atoms with Crippen LogP contribution in [-0.2, 0) is 9.84 Å². The van der Waals surface area contributed by atoms with Crippen molar-refractivity contribution in [2.24, 2.45) is 0 Å². The van der Waals surface area contributed by atoms with Crippen molar-refractivity contribution in [3.05, 3.63) is 28.8 Å². The summed E-state index contributed by atoms with van der Waals surface area (Å²) >= 11 is 6.17. The highest BCUT2D eigenvalue weighted by molar-refractivity contribution is 7.92. The van der Waals surface area contributed by atoms with Gasteiger partial charge >= 0.3 is 6.03 Å². The zero-order valence-corrected chi connectivity index (χ0v) is 18.5. The molecule has 1 aromatic carbocycles. The van der Waals surface area contributed by atoms with Crippen LogP contribution in [0.3, 0.4) is 0 Å². The first-order chi connectivity index (χ1) is 13.6. The number of carbonyl (C=O) groups excluding carboxylic acids is 1. The summed E-state index contributed by atoms with van der Waals surface area (Å²) in [7, 11) is 0.00488. The van der Waals surface area contributed by atoms with Crippen molar-refractivity contribution >= 4 is 33.2 Å². The lowest BCUT2D eigenvalue weighted by Gasteiger charge is -2.20. The number of hydrogen-bond acceptors (Lipinski definition) is 5. The van der Waals surface area contributed by atoms with Gasteiger partial charge in [0.05, 0.1) is 22.0 Å². The number of rotatable bonds is 5. The predicted molar refractivity (Wildman–Crippen MR) is 114 cm³/mol. The minimum Gasteiger partial charge on any atom is -0.504 e. The molecule has 0 heterocycles. The summed E-state index contributed by atoms with van der Waals surface area (Å²) in [5, 5.41) is 15.4. The average Bonchev–Trinajstić information content (AvgIpc) is 3.28. The molecule has 2 aliphatic carbocycles. The lowest BCUT2D eigenvalue weighted by Crippen LogP contribution is -2.37. The van der Waals surface area contributed by atoms with Gasteiger partial charge in [0.25, 0.3) is 0 Å². The van der Waals surface area contributed by atoms with E-state index in [1.54, 1.807) is 0 Å². The number of benzene rings is 1. The standard InChI is InChI=1S/C20H28ClN3O4S/c1-12-5-4-6-16(12)22-20(26)23-17-10-9-15(21)19(18(17)25)29(27,28)14-8-7-13(11-14)24(2)3/h5,9-10,13-14,16,25H,4,6-8,11H2,1-3H3,(H2,22,23,26)/t13-,14+,16+/m0/s1. The largest absolute Gasteiger partial charge is 0.504 e. The number of nitrogens with one attached hydrogen (secondary N) is 2. The molecule has 0 bridgehead atoms. The number of aromatic hydroxyl groups is 1. The second kappa shape index (κ2) is 8.53. The van der Waals surface area contributed by atoms with E-state index >= 15 is 0 Å². The van der Waals surface area contributed by atoms with Crippen LogP contribution in [0.1, 0.15) is 39.0 Å². The van der Waals surface area contributed by atoms with E-state index < -0.39 is 26.9 Å². The highest BCUT2D eigenvalue weighted by Gasteiger charge is 2.39. The summed E-state index contributed by atoms with van der Waals surface area (Å²) in [6.07, 6.45) is 5.55. The number of carbonyl (C=O) groups is 1. The number of phenols is 1. The Balaban J connectivity index is 1.81. The number of allylic oxidation sites excluding steroid dienone is 1. The van der Waals surface area contributed by atoms with Crippen LogP contribution in [0.4, 0.5) is 10.5 Å². The summed E-state index contributed by atoms with van der Waals surface area (Å²) in [5.74, 6) is -0.514. The first kappa shape index (κ1) is 21.9. The number of nitrogens with zero attached hydrogens (tertiary/aromatic N) is 1. The smallest absolute Gasteiger partial charge is 0.319 e. The Morgan fingerprint density at radius 1 is 1.24 bits per heavy atom. The van der Waals surface area contributed by atoms with Crippen molar-refractivity contribution in [2.75, 3.05) is 19.4 Å². The molecule has 0 unspecified atom stereocenters. The van der Waals surface area contributed by atoms with Crippen LogP contribution in [0, 0.1) is 0 Å². The van der Waals surface area contributed by atoms with Gasteiger partial charge in [-0.2, -0.15) is 0 Å². The topological polar surface area (TPSA) is 98.7 Å². The Morgan fingerprint density at radius 3 is 2.55 bits per heavy atom. The van der Waals surface area contributed by atoms with Gasteiger partial charge in [-0.15, -0.1) is 0 Å². The first-order valence-electron chi connectivity index (χ1n) is 9.77. The molecule has 3 atom stereocenters. The number of anilines is 1. The highest BCUT2D eigenvalue weighted by Crippen LogP contribution is 2.42. The zero-order chi connectivity index (χ0) is 21.3. The Morgan fingerprint density at radius 2 is 1.97 bits per heavy atom. The van der Waals surface area contributed by atoms with E-state index in [-0.39, 0.29) is 27.7 Å². The van der Waals surface area contributed by atoms with Crippen LogP contribution >= 0.6 is 11.6 Å². The van der Waals surface area contributed by atoms with E-state index in [1.165, 1.54) is 12.1 Å². The van der Waals surface area contributed by atoms with E-state index in [0.717, 1.165) is 24.8 Å². The molecule has 0 aromatic heterocycles. The molecular weight excluding hydrogens is 414 g/mol. The van der Waals surface area contributed by atoms with Gasteiger partial charge in [0.15, 0.2) is 15.6 Å². The Kier molecular flexibility index (Phi) is 6.45. The lowest BCUT2D eigenvalue weighted by atomic mass is 10.2. The summed E-state index contributed by atoms with van der Waals surface area (Å²) in [4.78, 5) is 14.0. The van der Waals surface area contributed by atoms with E-state index in [1.807, 2.05) is 25.9 Å². The number of halogens is 1. The van der Waals surface area contributed by atoms with E-state index in [4.69, 9.17) is 11.6 Å². The van der Waals surface area contributed by atoms with Gasteiger partial charge in [0.2, 0.25) is 0 Å². The quantitative estimate of drug-likeness (QED) is 0.479. The van der Waals surface area contributed by atoms with Gasteiger partial charge in [-0.25, -0.2) is 13.2 Å². The molecule has 0 spiro atoms. The molecule has 1 saturated carbocycles. The van der Waals surface area contributed by atoms with Crippen molar-refractivity contribution in [2.45, 2.75) is 61.3 Å². The first-order valence-corrected chi connectivity index (χ1v) is 11.7. The molecule has 2 aliphatic rings. The van der Waals surface area contributed by atoms with Crippen LogP contribution in [0.25, 0.3) is 0 Å². The number of hydrogen-bond donors (Lipinski definition) is 3. The highest BCUT2D eigenvalue weighted by atomic mass is 35.5. The van der Waals surface area contributed by atoms with Crippen molar-refractivity contribution in [1.29, 1.82) is 0 Å². The van der Waals surface area contributed by atoms with Crippen molar-refractivity contribution in [3.8, 4) is 5.75 Å². The lowest BCUT2D eigenvalue weighted by molar-refractivity contribution is 0.249. The van der Waals surface area contributed by atoms with Gasteiger partial charge < -0.3 is 20.6 Å². The van der Waals surface area contributed by atoms with Gasteiger partial charge in [0, 0.05) is 6.04 Å². The van der Waals surface area contributed by atoms with Crippen LogP contribution in [-0.4, -0.2) is 55.9 Å². The average molecular weight is 442 g/mol. The van der Waals surface area contributed by atoms with Crippen LogP contribution in [0.2, 0.25) is 5.02 Å². The molecule has 2 amide bonds. The van der Waals surface area contributed by atoms with Crippen molar-refractivity contribution in [1.82, 2.24) is 10.2 Å². The van der Waals surface area contributed by atoms with Gasteiger partial charge in [-0.3, -0.25) is 0 Å². The molecule has 3 rings (SSSR count). The summed E-state index contributed by atoms with van der Waals surface area (Å²) in [6.45, 7) is 1.95. The normalized spacial score (nSPS) is 24.6.